The highest BCUT2D eigenvalue weighted by atomic mass is 79.9. The third-order valence-electron chi connectivity index (χ3n) is 1.45. The average molecular weight is 233 g/mol. The number of hydrogen-bond donors (Lipinski definition) is 1. The van der Waals surface area contributed by atoms with Gasteiger partial charge in [0, 0.05) is 12.1 Å². The van der Waals surface area contributed by atoms with Crippen LogP contribution in [0.5, 0.6) is 0 Å². The second kappa shape index (κ2) is 3.26. The highest BCUT2D eigenvalue weighted by Gasteiger charge is 2.05. The lowest BCUT2D eigenvalue weighted by Crippen LogP contribution is -2.35. The van der Waals surface area contributed by atoms with Crippen molar-refractivity contribution >= 4 is 15.9 Å². The van der Waals surface area contributed by atoms with Crippen molar-refractivity contribution in [2.45, 2.75) is 19.9 Å². The molecule has 12 heavy (non-hydrogen) atoms. The fraction of sp³-hybridized carbons (Fsp3) is 0.429. The van der Waals surface area contributed by atoms with E-state index in [2.05, 4.69) is 20.9 Å². The van der Waals surface area contributed by atoms with Crippen molar-refractivity contribution in [2.24, 2.45) is 0 Å². The maximum Gasteiger partial charge on any atom is 0.329 e. The third-order valence-corrected chi connectivity index (χ3v) is 1.88. The summed E-state index contributed by atoms with van der Waals surface area (Å²) in [6.45, 7) is 3.56. The van der Waals surface area contributed by atoms with Crippen LogP contribution in [-0.4, -0.2) is 9.55 Å². The quantitative estimate of drug-likeness (QED) is 0.732. The van der Waals surface area contributed by atoms with Crippen LogP contribution in [0.2, 0.25) is 0 Å². The SMILES string of the molecule is CC(C)n1c(=O)cc(Br)[nH]c1=O. The predicted molar refractivity (Wildman–Crippen MR) is 49.4 cm³/mol. The molecule has 0 unspecified atom stereocenters. The molecular formula is C7H9BrN2O2. The molecule has 0 radical (unpaired) electrons. The summed E-state index contributed by atoms with van der Waals surface area (Å²) in [5.74, 6) is 0. The van der Waals surface area contributed by atoms with Crippen LogP contribution in [0.25, 0.3) is 0 Å². The highest BCUT2D eigenvalue weighted by Crippen LogP contribution is 1.99. The van der Waals surface area contributed by atoms with Gasteiger partial charge in [-0.05, 0) is 29.8 Å². The molecule has 0 aliphatic rings. The Morgan fingerprint density at radius 3 is 2.50 bits per heavy atom. The molecule has 0 aliphatic heterocycles. The Hall–Kier alpha value is -0.840. The highest BCUT2D eigenvalue weighted by molar-refractivity contribution is 9.10. The molecule has 1 N–H and O–H groups in total. The standard InChI is InChI=1S/C7H9BrN2O2/c1-4(2)10-6(11)3-5(8)9-7(10)12/h3-4H,1-2H3,(H,9,12). The van der Waals surface area contributed by atoms with Crippen molar-refractivity contribution in [1.29, 1.82) is 0 Å². The summed E-state index contributed by atoms with van der Waals surface area (Å²) < 4.78 is 1.57. The molecule has 1 aromatic heterocycles. The first kappa shape index (κ1) is 9.25. The lowest BCUT2D eigenvalue weighted by atomic mass is 10.4. The van der Waals surface area contributed by atoms with Gasteiger partial charge >= 0.3 is 5.69 Å². The fourth-order valence-electron chi connectivity index (χ4n) is 0.965. The topological polar surface area (TPSA) is 54.9 Å². The summed E-state index contributed by atoms with van der Waals surface area (Å²) >= 11 is 3.03. The smallest absolute Gasteiger partial charge is 0.301 e. The Labute approximate surface area is 77.4 Å². The number of rotatable bonds is 1. The minimum absolute atomic E-state index is 0.116. The fourth-order valence-corrected chi connectivity index (χ4v) is 1.33. The van der Waals surface area contributed by atoms with Crippen molar-refractivity contribution in [1.82, 2.24) is 9.55 Å². The van der Waals surface area contributed by atoms with E-state index in [9.17, 15) is 9.59 Å². The molecule has 0 aliphatic carbocycles. The van der Waals surface area contributed by atoms with Gasteiger partial charge in [0.15, 0.2) is 0 Å². The lowest BCUT2D eigenvalue weighted by molar-refractivity contribution is 0.544. The Morgan fingerprint density at radius 2 is 2.08 bits per heavy atom. The van der Waals surface area contributed by atoms with E-state index in [4.69, 9.17) is 0 Å². The number of nitrogens with zero attached hydrogens (tertiary/aromatic N) is 1. The first-order valence-corrected chi connectivity index (χ1v) is 4.33. The number of nitrogens with one attached hydrogen (secondary N) is 1. The van der Waals surface area contributed by atoms with E-state index in [1.54, 1.807) is 13.8 Å². The number of hydrogen-bond acceptors (Lipinski definition) is 2. The van der Waals surface area contributed by atoms with Gasteiger partial charge in [0.2, 0.25) is 0 Å². The zero-order valence-electron chi connectivity index (χ0n) is 6.80. The lowest BCUT2D eigenvalue weighted by Gasteiger charge is -2.06. The van der Waals surface area contributed by atoms with E-state index < -0.39 is 0 Å². The minimum atomic E-state index is -0.385. The molecule has 66 valence electrons. The summed E-state index contributed by atoms with van der Waals surface area (Å²) in [5.41, 5.74) is -0.676. The van der Waals surface area contributed by atoms with Crippen LogP contribution in [0.15, 0.2) is 20.3 Å². The largest absolute Gasteiger partial charge is 0.329 e. The Bertz CT molecular complexity index is 360. The molecule has 5 heteroatoms. The Balaban J connectivity index is 3.50. The first-order valence-electron chi connectivity index (χ1n) is 3.53. The van der Waals surface area contributed by atoms with Crippen LogP contribution < -0.4 is 11.2 Å². The Kier molecular flexibility index (Phi) is 2.52. The molecule has 1 heterocycles. The molecule has 0 fully saturated rings. The molecular weight excluding hydrogens is 224 g/mol. The van der Waals surface area contributed by atoms with Gasteiger partial charge in [-0.3, -0.25) is 9.36 Å². The van der Waals surface area contributed by atoms with Crippen molar-refractivity contribution in [3.05, 3.63) is 31.5 Å². The van der Waals surface area contributed by atoms with Crippen LogP contribution in [0.3, 0.4) is 0 Å². The van der Waals surface area contributed by atoms with Crippen LogP contribution in [0, 0.1) is 0 Å². The van der Waals surface area contributed by atoms with Gasteiger partial charge < -0.3 is 4.98 Å². The van der Waals surface area contributed by atoms with Gasteiger partial charge in [0.05, 0.1) is 4.60 Å². The molecule has 0 aromatic carbocycles. The number of H-pyrrole nitrogens is 1. The second-order valence-corrected chi connectivity index (χ2v) is 3.58. The van der Waals surface area contributed by atoms with E-state index >= 15 is 0 Å². The normalized spacial score (nSPS) is 10.7. The van der Waals surface area contributed by atoms with Crippen LogP contribution in [0.1, 0.15) is 19.9 Å². The minimum Gasteiger partial charge on any atom is -0.301 e. The molecule has 0 spiro atoms. The van der Waals surface area contributed by atoms with Gasteiger partial charge in [-0.2, -0.15) is 0 Å². The van der Waals surface area contributed by atoms with E-state index in [0.717, 1.165) is 4.57 Å². The molecule has 0 saturated carbocycles. The summed E-state index contributed by atoms with van der Waals surface area (Å²) in [7, 11) is 0. The Morgan fingerprint density at radius 1 is 1.50 bits per heavy atom. The summed E-state index contributed by atoms with van der Waals surface area (Å²) in [6.07, 6.45) is 0. The summed E-state index contributed by atoms with van der Waals surface area (Å²) in [5, 5.41) is 0. The molecule has 0 bridgehead atoms. The van der Waals surface area contributed by atoms with Crippen molar-refractivity contribution < 1.29 is 0 Å². The van der Waals surface area contributed by atoms with Crippen LogP contribution in [0.4, 0.5) is 0 Å². The van der Waals surface area contributed by atoms with E-state index in [0.29, 0.717) is 4.60 Å². The van der Waals surface area contributed by atoms with Crippen molar-refractivity contribution in [3.63, 3.8) is 0 Å². The average Bonchev–Trinajstić information content (AvgIpc) is 1.82. The zero-order chi connectivity index (χ0) is 9.30. The predicted octanol–water partition coefficient (Wildman–Crippen LogP) is 0.880. The molecule has 0 saturated heterocycles. The maximum atomic E-state index is 11.2. The number of aromatic nitrogens is 2. The third kappa shape index (κ3) is 1.66. The summed E-state index contributed by atoms with van der Waals surface area (Å²) in [4.78, 5) is 24.9. The van der Waals surface area contributed by atoms with E-state index in [-0.39, 0.29) is 17.3 Å². The second-order valence-electron chi connectivity index (χ2n) is 2.72. The van der Waals surface area contributed by atoms with E-state index in [1.165, 1.54) is 6.07 Å². The molecule has 4 nitrogen and oxygen atoms in total. The molecule has 0 amide bonds. The van der Waals surface area contributed by atoms with Gasteiger partial charge in [0.1, 0.15) is 0 Å². The van der Waals surface area contributed by atoms with Gasteiger partial charge in [-0.1, -0.05) is 0 Å². The maximum absolute atomic E-state index is 11.2. The van der Waals surface area contributed by atoms with Gasteiger partial charge in [-0.15, -0.1) is 0 Å². The van der Waals surface area contributed by atoms with E-state index in [1.807, 2.05) is 0 Å². The zero-order valence-corrected chi connectivity index (χ0v) is 8.38. The van der Waals surface area contributed by atoms with Crippen molar-refractivity contribution in [2.75, 3.05) is 0 Å². The molecule has 0 atom stereocenters. The summed E-state index contributed by atoms with van der Waals surface area (Å²) in [6, 6.07) is 1.22. The van der Waals surface area contributed by atoms with Gasteiger partial charge in [0.25, 0.3) is 5.56 Å². The molecule has 1 aromatic rings. The van der Waals surface area contributed by atoms with Crippen LogP contribution in [-0.2, 0) is 0 Å². The monoisotopic (exact) mass is 232 g/mol. The van der Waals surface area contributed by atoms with Gasteiger partial charge in [-0.25, -0.2) is 4.79 Å². The molecule has 1 rings (SSSR count). The van der Waals surface area contributed by atoms with Crippen molar-refractivity contribution in [3.8, 4) is 0 Å². The number of halogens is 1. The van der Waals surface area contributed by atoms with Crippen LogP contribution >= 0.6 is 15.9 Å². The first-order chi connectivity index (χ1) is 5.52. The number of aromatic amines is 1.